The summed E-state index contributed by atoms with van der Waals surface area (Å²) in [6.45, 7) is 1.83. The molecule has 0 saturated carbocycles. The molecule has 0 spiro atoms. The van der Waals surface area contributed by atoms with Crippen LogP contribution >= 0.6 is 0 Å². The first-order valence-electron chi connectivity index (χ1n) is 5.34. The van der Waals surface area contributed by atoms with E-state index >= 15 is 0 Å². The molecule has 0 unspecified atom stereocenters. The quantitative estimate of drug-likeness (QED) is 0.410. The third-order valence-corrected chi connectivity index (χ3v) is 1.88. The zero-order valence-electron chi connectivity index (χ0n) is 10.3. The maximum Gasteiger partial charge on any atom is 0.338 e. The number of carbonyl (C=O) groups excluding carboxylic acids is 1. The van der Waals surface area contributed by atoms with Crippen molar-refractivity contribution in [1.29, 1.82) is 0 Å². The Morgan fingerprint density at radius 2 is 2.00 bits per heavy atom. The van der Waals surface area contributed by atoms with Gasteiger partial charge in [0.2, 0.25) is 5.96 Å². The van der Waals surface area contributed by atoms with E-state index in [9.17, 15) is 9.18 Å². The van der Waals surface area contributed by atoms with Gasteiger partial charge in [-0.05, 0) is 25.1 Å². The van der Waals surface area contributed by atoms with Crippen LogP contribution in [0.4, 0.5) is 10.1 Å². The highest BCUT2D eigenvalue weighted by Crippen LogP contribution is 2.18. The molecule has 6 N–H and O–H groups in total. The average Bonchev–Trinajstić information content (AvgIpc) is 2.27. The molecule has 1 aromatic rings. The normalized spacial score (nSPS) is 10.9. The van der Waals surface area contributed by atoms with Gasteiger partial charge in [0.15, 0.2) is 5.96 Å². The number of benzene rings is 1. The summed E-state index contributed by atoms with van der Waals surface area (Å²) in [5, 5.41) is 0. The van der Waals surface area contributed by atoms with Crippen LogP contribution in [-0.2, 0) is 4.74 Å². The van der Waals surface area contributed by atoms with Crippen molar-refractivity contribution in [3.05, 3.63) is 29.6 Å². The van der Waals surface area contributed by atoms with E-state index in [0.717, 1.165) is 12.1 Å². The number of nitrogens with zero attached hydrogens (tertiary/aromatic N) is 2. The second-order valence-electron chi connectivity index (χ2n) is 3.43. The van der Waals surface area contributed by atoms with Crippen molar-refractivity contribution in [3.8, 4) is 0 Å². The fraction of sp³-hybridized carbons (Fsp3) is 0.182. The summed E-state index contributed by atoms with van der Waals surface area (Å²) in [4.78, 5) is 18.7. The SMILES string of the molecule is CCOC(=O)c1cc(F)cc(N=C(N)N=C(N)N)c1. The molecule has 0 fully saturated rings. The van der Waals surface area contributed by atoms with E-state index in [1.54, 1.807) is 6.92 Å². The number of aliphatic imine (C=N–C) groups is 2. The molecule has 19 heavy (non-hydrogen) atoms. The first kappa shape index (κ1) is 14.4. The van der Waals surface area contributed by atoms with E-state index in [-0.39, 0.29) is 29.8 Å². The number of hydrogen-bond acceptors (Lipinski definition) is 3. The minimum absolute atomic E-state index is 0.0260. The summed E-state index contributed by atoms with van der Waals surface area (Å²) in [7, 11) is 0. The van der Waals surface area contributed by atoms with Crippen molar-refractivity contribution < 1.29 is 13.9 Å². The molecule has 0 bridgehead atoms. The number of guanidine groups is 2. The summed E-state index contributed by atoms with van der Waals surface area (Å²) in [6.07, 6.45) is 0. The average molecular weight is 267 g/mol. The Kier molecular flexibility index (Phi) is 4.81. The Hall–Kier alpha value is -2.64. The van der Waals surface area contributed by atoms with Gasteiger partial charge in [0.25, 0.3) is 0 Å². The molecule has 0 aromatic heterocycles. The molecule has 0 aliphatic heterocycles. The Bertz CT molecular complexity index is 538. The van der Waals surface area contributed by atoms with E-state index < -0.39 is 11.8 Å². The van der Waals surface area contributed by atoms with Gasteiger partial charge in [-0.2, -0.15) is 4.99 Å². The molecule has 0 amide bonds. The molecule has 1 rings (SSSR count). The van der Waals surface area contributed by atoms with Crippen LogP contribution in [0.2, 0.25) is 0 Å². The number of rotatable bonds is 3. The first-order chi connectivity index (χ1) is 8.92. The monoisotopic (exact) mass is 267 g/mol. The van der Waals surface area contributed by atoms with E-state index in [1.807, 2.05) is 0 Å². The Balaban J connectivity index is 3.10. The molecular formula is C11H14FN5O2. The predicted molar refractivity (Wildman–Crippen MR) is 69.4 cm³/mol. The van der Waals surface area contributed by atoms with Gasteiger partial charge < -0.3 is 21.9 Å². The summed E-state index contributed by atoms with van der Waals surface area (Å²) in [6, 6.07) is 3.43. The third-order valence-electron chi connectivity index (χ3n) is 1.88. The highest BCUT2D eigenvalue weighted by atomic mass is 19.1. The molecule has 0 radical (unpaired) electrons. The Morgan fingerprint density at radius 3 is 2.58 bits per heavy atom. The van der Waals surface area contributed by atoms with Gasteiger partial charge in [-0.25, -0.2) is 14.2 Å². The molecule has 8 heteroatoms. The van der Waals surface area contributed by atoms with Crippen molar-refractivity contribution in [2.45, 2.75) is 6.92 Å². The standard InChI is InChI=1S/C11H14FN5O2/c1-2-19-9(18)6-3-7(12)5-8(4-6)16-11(15)17-10(13)14/h3-5H,2H2,1H3,(H6,13,14,15,16,17). The molecule has 102 valence electrons. The second-order valence-corrected chi connectivity index (χ2v) is 3.43. The van der Waals surface area contributed by atoms with Crippen molar-refractivity contribution >= 4 is 23.6 Å². The maximum absolute atomic E-state index is 13.3. The van der Waals surface area contributed by atoms with Gasteiger partial charge in [-0.15, -0.1) is 0 Å². The minimum atomic E-state index is -0.654. The van der Waals surface area contributed by atoms with Gasteiger partial charge in [0.1, 0.15) is 5.82 Å². The van der Waals surface area contributed by atoms with Crippen LogP contribution in [0.5, 0.6) is 0 Å². The van der Waals surface area contributed by atoms with Crippen LogP contribution in [0.3, 0.4) is 0 Å². The molecule has 0 aliphatic rings. The minimum Gasteiger partial charge on any atom is -0.462 e. The number of hydrogen-bond donors (Lipinski definition) is 3. The van der Waals surface area contributed by atoms with E-state index in [0.29, 0.717) is 0 Å². The highest BCUT2D eigenvalue weighted by molar-refractivity contribution is 5.94. The molecular weight excluding hydrogens is 253 g/mol. The fourth-order valence-electron chi connectivity index (χ4n) is 1.26. The van der Waals surface area contributed by atoms with Crippen LogP contribution < -0.4 is 17.2 Å². The Labute approximate surface area is 109 Å². The summed E-state index contributed by atoms with van der Waals surface area (Å²) in [5.41, 5.74) is 15.8. The zero-order chi connectivity index (χ0) is 14.4. The lowest BCUT2D eigenvalue weighted by atomic mass is 10.2. The van der Waals surface area contributed by atoms with Gasteiger partial charge >= 0.3 is 5.97 Å². The van der Waals surface area contributed by atoms with Crippen LogP contribution in [0.15, 0.2) is 28.2 Å². The van der Waals surface area contributed by atoms with Gasteiger partial charge in [-0.1, -0.05) is 0 Å². The number of esters is 1. The molecule has 0 aliphatic carbocycles. The summed E-state index contributed by atoms with van der Waals surface area (Å²) in [5.74, 6) is -1.83. The largest absolute Gasteiger partial charge is 0.462 e. The smallest absolute Gasteiger partial charge is 0.338 e. The van der Waals surface area contributed by atoms with Crippen LogP contribution in [0.25, 0.3) is 0 Å². The van der Waals surface area contributed by atoms with Gasteiger partial charge in [0, 0.05) is 0 Å². The van der Waals surface area contributed by atoms with E-state index in [4.69, 9.17) is 21.9 Å². The lowest BCUT2D eigenvalue weighted by Crippen LogP contribution is -2.26. The van der Waals surface area contributed by atoms with Crippen molar-refractivity contribution in [1.82, 2.24) is 0 Å². The summed E-state index contributed by atoms with van der Waals surface area (Å²) >= 11 is 0. The lowest BCUT2D eigenvalue weighted by molar-refractivity contribution is 0.0526. The second kappa shape index (κ2) is 6.34. The van der Waals surface area contributed by atoms with E-state index in [2.05, 4.69) is 9.98 Å². The summed E-state index contributed by atoms with van der Waals surface area (Å²) < 4.78 is 18.1. The predicted octanol–water partition coefficient (Wildman–Crippen LogP) is 0.222. The number of ether oxygens (including phenoxy) is 1. The van der Waals surface area contributed by atoms with Crippen molar-refractivity contribution in [2.75, 3.05) is 6.61 Å². The van der Waals surface area contributed by atoms with Crippen LogP contribution in [0.1, 0.15) is 17.3 Å². The first-order valence-corrected chi connectivity index (χ1v) is 5.34. The van der Waals surface area contributed by atoms with Crippen molar-refractivity contribution in [2.24, 2.45) is 27.2 Å². The van der Waals surface area contributed by atoms with Gasteiger partial charge in [0.05, 0.1) is 17.9 Å². The molecule has 7 nitrogen and oxygen atoms in total. The molecule has 1 aromatic carbocycles. The third kappa shape index (κ3) is 4.62. The topological polar surface area (TPSA) is 129 Å². The highest BCUT2D eigenvalue weighted by Gasteiger charge is 2.09. The fourth-order valence-corrected chi connectivity index (χ4v) is 1.26. The zero-order valence-corrected chi connectivity index (χ0v) is 10.3. The number of nitrogens with two attached hydrogens (primary N) is 3. The number of halogens is 1. The van der Waals surface area contributed by atoms with Crippen molar-refractivity contribution in [3.63, 3.8) is 0 Å². The maximum atomic E-state index is 13.3. The molecule has 0 heterocycles. The van der Waals surface area contributed by atoms with Crippen LogP contribution in [0, 0.1) is 5.82 Å². The van der Waals surface area contributed by atoms with E-state index in [1.165, 1.54) is 6.07 Å². The molecule has 0 atom stereocenters. The van der Waals surface area contributed by atoms with Crippen LogP contribution in [-0.4, -0.2) is 24.5 Å². The lowest BCUT2D eigenvalue weighted by Gasteiger charge is -2.03. The molecule has 0 saturated heterocycles. The number of carbonyl (C=O) groups is 1. The Morgan fingerprint density at radius 1 is 1.32 bits per heavy atom. The van der Waals surface area contributed by atoms with Gasteiger partial charge in [-0.3, -0.25) is 0 Å².